The van der Waals surface area contributed by atoms with E-state index in [2.05, 4.69) is 0 Å². The van der Waals surface area contributed by atoms with Gasteiger partial charge in [0.05, 0.1) is 6.61 Å². The second-order valence-corrected chi connectivity index (χ2v) is 4.91. The molecule has 1 heterocycles. The van der Waals surface area contributed by atoms with Crippen LogP contribution in [0.4, 0.5) is 0 Å². The van der Waals surface area contributed by atoms with Crippen LogP contribution in [0.1, 0.15) is 19.3 Å². The third-order valence-electron chi connectivity index (χ3n) is 3.86. The van der Waals surface area contributed by atoms with Crippen molar-refractivity contribution in [2.45, 2.75) is 19.3 Å². The average molecular weight is 181 g/mol. The Balaban J connectivity index is 1.67. The van der Waals surface area contributed by atoms with E-state index in [1.165, 1.54) is 0 Å². The maximum atomic E-state index is 11.7. The number of hydrogen-bond acceptors (Lipinski definition) is 2. The van der Waals surface area contributed by atoms with Gasteiger partial charge in [-0.2, -0.15) is 0 Å². The van der Waals surface area contributed by atoms with E-state index in [9.17, 15) is 9.90 Å². The Bertz CT molecular complexity index is 258. The number of nitrogens with zero attached hydrogens (tertiary/aromatic N) is 1. The quantitative estimate of drug-likeness (QED) is 0.663. The molecule has 3 aliphatic rings. The van der Waals surface area contributed by atoms with Gasteiger partial charge in [0.15, 0.2) is 0 Å². The molecule has 1 saturated heterocycles. The zero-order valence-electron chi connectivity index (χ0n) is 7.70. The summed E-state index contributed by atoms with van der Waals surface area (Å²) in [5.41, 5.74) is 0.130. The summed E-state index contributed by atoms with van der Waals surface area (Å²) in [4.78, 5) is 13.7. The van der Waals surface area contributed by atoms with Crippen LogP contribution in [0, 0.1) is 17.3 Å². The standard InChI is InChI=1S/C10H15NO2/c12-6-10-3-8(10)4-11(5-10)9(13)7-1-2-7/h7-8,12H,1-6H2. The molecule has 0 bridgehead atoms. The molecular weight excluding hydrogens is 166 g/mol. The van der Waals surface area contributed by atoms with Crippen molar-refractivity contribution in [1.82, 2.24) is 4.90 Å². The summed E-state index contributed by atoms with van der Waals surface area (Å²) in [6.45, 7) is 2.01. The van der Waals surface area contributed by atoms with Crippen molar-refractivity contribution in [3.63, 3.8) is 0 Å². The summed E-state index contributed by atoms with van der Waals surface area (Å²) < 4.78 is 0. The van der Waals surface area contributed by atoms with E-state index in [4.69, 9.17) is 0 Å². The second kappa shape index (κ2) is 2.27. The van der Waals surface area contributed by atoms with E-state index in [0.29, 0.717) is 17.7 Å². The third-order valence-corrected chi connectivity index (χ3v) is 3.86. The molecule has 1 aliphatic heterocycles. The first-order valence-corrected chi connectivity index (χ1v) is 5.15. The molecular formula is C10H15NO2. The van der Waals surface area contributed by atoms with Gasteiger partial charge >= 0.3 is 0 Å². The van der Waals surface area contributed by atoms with Crippen LogP contribution in [-0.4, -0.2) is 35.6 Å². The maximum absolute atomic E-state index is 11.7. The normalized spacial score (nSPS) is 41.9. The Morgan fingerprint density at radius 3 is 2.85 bits per heavy atom. The number of aliphatic hydroxyl groups is 1. The van der Waals surface area contributed by atoms with Crippen molar-refractivity contribution in [1.29, 1.82) is 0 Å². The van der Waals surface area contributed by atoms with Gasteiger partial charge in [-0.1, -0.05) is 0 Å². The molecule has 0 spiro atoms. The van der Waals surface area contributed by atoms with Crippen LogP contribution in [0.15, 0.2) is 0 Å². The molecule has 0 radical (unpaired) electrons. The molecule has 0 aromatic rings. The average Bonchev–Trinajstić information content (AvgIpc) is 3.04. The topological polar surface area (TPSA) is 40.5 Å². The molecule has 2 saturated carbocycles. The number of amides is 1. The largest absolute Gasteiger partial charge is 0.396 e. The zero-order valence-corrected chi connectivity index (χ0v) is 7.70. The molecule has 1 N–H and O–H groups in total. The first kappa shape index (κ1) is 7.80. The molecule has 3 heteroatoms. The minimum atomic E-state index is 0.130. The Morgan fingerprint density at radius 1 is 1.54 bits per heavy atom. The monoisotopic (exact) mass is 181 g/mol. The second-order valence-electron chi connectivity index (χ2n) is 4.91. The fourth-order valence-electron chi connectivity index (χ4n) is 2.59. The predicted molar refractivity (Wildman–Crippen MR) is 46.9 cm³/mol. The molecule has 2 atom stereocenters. The third kappa shape index (κ3) is 1.03. The van der Waals surface area contributed by atoms with Crippen molar-refractivity contribution < 1.29 is 9.90 Å². The molecule has 13 heavy (non-hydrogen) atoms. The number of hydrogen-bond donors (Lipinski definition) is 1. The number of fused-ring (bicyclic) bond motifs is 1. The Labute approximate surface area is 77.7 Å². The lowest BCUT2D eigenvalue weighted by Gasteiger charge is -2.19. The molecule has 3 nitrogen and oxygen atoms in total. The van der Waals surface area contributed by atoms with Crippen molar-refractivity contribution >= 4 is 5.91 Å². The number of rotatable bonds is 2. The summed E-state index contributed by atoms with van der Waals surface area (Å²) in [5.74, 6) is 1.30. The van der Waals surface area contributed by atoms with Crippen molar-refractivity contribution in [2.24, 2.45) is 17.3 Å². The highest BCUT2D eigenvalue weighted by Crippen LogP contribution is 2.57. The SMILES string of the molecule is O=C(C1CC1)N1CC2CC2(CO)C1. The first-order chi connectivity index (χ1) is 6.25. The van der Waals surface area contributed by atoms with Crippen LogP contribution in [-0.2, 0) is 4.79 Å². The van der Waals surface area contributed by atoms with Crippen LogP contribution in [0.25, 0.3) is 0 Å². The fraction of sp³-hybridized carbons (Fsp3) is 0.900. The van der Waals surface area contributed by atoms with Crippen LogP contribution in [0.3, 0.4) is 0 Å². The van der Waals surface area contributed by atoms with E-state index in [-0.39, 0.29) is 12.0 Å². The maximum Gasteiger partial charge on any atom is 0.225 e. The minimum Gasteiger partial charge on any atom is -0.396 e. The number of aliphatic hydroxyl groups excluding tert-OH is 1. The van der Waals surface area contributed by atoms with E-state index in [0.717, 1.165) is 32.4 Å². The molecule has 2 unspecified atom stereocenters. The molecule has 0 aromatic carbocycles. The highest BCUT2D eigenvalue weighted by molar-refractivity contribution is 5.81. The summed E-state index contributed by atoms with van der Waals surface area (Å²) >= 11 is 0. The molecule has 2 aliphatic carbocycles. The van der Waals surface area contributed by atoms with Crippen LogP contribution >= 0.6 is 0 Å². The number of piperidine rings is 1. The van der Waals surface area contributed by atoms with Crippen molar-refractivity contribution in [3.8, 4) is 0 Å². The summed E-state index contributed by atoms with van der Waals surface area (Å²) in [7, 11) is 0. The van der Waals surface area contributed by atoms with E-state index in [1.807, 2.05) is 4.90 Å². The predicted octanol–water partition coefficient (Wildman–Crippen LogP) is 0.237. The lowest BCUT2D eigenvalue weighted by Crippen LogP contribution is -2.33. The smallest absolute Gasteiger partial charge is 0.225 e. The van der Waals surface area contributed by atoms with Gasteiger partial charge in [0.2, 0.25) is 5.91 Å². The molecule has 72 valence electrons. The molecule has 3 fully saturated rings. The van der Waals surface area contributed by atoms with Crippen molar-refractivity contribution in [3.05, 3.63) is 0 Å². The highest BCUT2D eigenvalue weighted by Gasteiger charge is 2.60. The zero-order chi connectivity index (χ0) is 9.05. The van der Waals surface area contributed by atoms with Gasteiger partial charge in [0, 0.05) is 24.4 Å². The van der Waals surface area contributed by atoms with Gasteiger partial charge in [-0.3, -0.25) is 4.79 Å². The van der Waals surface area contributed by atoms with Crippen LogP contribution in [0.2, 0.25) is 0 Å². The number of carbonyl (C=O) groups is 1. The van der Waals surface area contributed by atoms with Crippen LogP contribution < -0.4 is 0 Å². The van der Waals surface area contributed by atoms with Gasteiger partial charge in [0.25, 0.3) is 0 Å². The summed E-state index contributed by atoms with van der Waals surface area (Å²) in [6, 6.07) is 0. The molecule has 0 aromatic heterocycles. The first-order valence-electron chi connectivity index (χ1n) is 5.15. The lowest BCUT2D eigenvalue weighted by atomic mass is 10.1. The number of likely N-dealkylation sites (tertiary alicyclic amines) is 1. The van der Waals surface area contributed by atoms with Gasteiger partial charge in [-0.25, -0.2) is 0 Å². The fourth-order valence-corrected chi connectivity index (χ4v) is 2.59. The van der Waals surface area contributed by atoms with E-state index >= 15 is 0 Å². The van der Waals surface area contributed by atoms with Crippen LogP contribution in [0.5, 0.6) is 0 Å². The minimum absolute atomic E-state index is 0.130. The summed E-state index contributed by atoms with van der Waals surface area (Å²) in [6.07, 6.45) is 3.32. The lowest BCUT2D eigenvalue weighted by molar-refractivity contribution is -0.132. The highest BCUT2D eigenvalue weighted by atomic mass is 16.3. The van der Waals surface area contributed by atoms with Gasteiger partial charge in [-0.05, 0) is 25.2 Å². The van der Waals surface area contributed by atoms with E-state index in [1.54, 1.807) is 0 Å². The van der Waals surface area contributed by atoms with Gasteiger partial charge in [0.1, 0.15) is 0 Å². The Hall–Kier alpha value is -0.570. The van der Waals surface area contributed by atoms with E-state index < -0.39 is 0 Å². The number of carbonyl (C=O) groups excluding carboxylic acids is 1. The summed E-state index contributed by atoms with van der Waals surface area (Å²) in [5, 5.41) is 9.18. The Kier molecular flexibility index (Phi) is 1.36. The molecule has 1 amide bonds. The Morgan fingerprint density at radius 2 is 2.31 bits per heavy atom. The van der Waals surface area contributed by atoms with Gasteiger partial charge in [-0.15, -0.1) is 0 Å². The van der Waals surface area contributed by atoms with Gasteiger partial charge < -0.3 is 10.0 Å². The molecule has 3 rings (SSSR count). The van der Waals surface area contributed by atoms with Crippen molar-refractivity contribution in [2.75, 3.05) is 19.7 Å².